The molecule has 0 spiro atoms. The van der Waals surface area contributed by atoms with Crippen molar-refractivity contribution >= 4 is 27.3 Å². The van der Waals surface area contributed by atoms with E-state index in [1.165, 1.54) is 18.2 Å². The third-order valence-corrected chi connectivity index (χ3v) is 4.36. The first-order valence-corrected chi connectivity index (χ1v) is 7.56. The lowest BCUT2D eigenvalue weighted by Crippen LogP contribution is -2.14. The molecule has 3 N–H and O–H groups in total. The number of sulfonamides is 1. The molecule has 0 heterocycles. The lowest BCUT2D eigenvalue weighted by molar-refractivity contribution is 0.596. The minimum Gasteiger partial charge on any atom is -0.326 e. The Morgan fingerprint density at radius 2 is 1.90 bits per heavy atom. The van der Waals surface area contributed by atoms with Crippen LogP contribution in [0.1, 0.15) is 5.56 Å². The van der Waals surface area contributed by atoms with Crippen LogP contribution < -0.4 is 10.5 Å². The topological polar surface area (TPSA) is 72.2 Å². The van der Waals surface area contributed by atoms with Gasteiger partial charge in [-0.1, -0.05) is 23.7 Å². The quantitative estimate of drug-likeness (QED) is 0.911. The fraction of sp³-hybridized carbons (Fsp3) is 0.0769. The minimum absolute atomic E-state index is 0.0701. The summed E-state index contributed by atoms with van der Waals surface area (Å²) in [6, 6.07) is 9.89. The van der Waals surface area contributed by atoms with Gasteiger partial charge in [0, 0.05) is 12.1 Å². The standard InChI is InChI=1S/C13H12ClFN2O2S/c14-11-3-1-2-4-13(11)17-20(18,19)10-5-6-12(15)9(7-10)8-16/h1-7,17H,8,16H2. The summed E-state index contributed by atoms with van der Waals surface area (Å²) in [4.78, 5) is -0.0701. The maximum Gasteiger partial charge on any atom is 0.261 e. The molecule has 2 aromatic carbocycles. The Bertz CT molecular complexity index is 735. The van der Waals surface area contributed by atoms with Crippen molar-refractivity contribution in [1.82, 2.24) is 0 Å². The van der Waals surface area contributed by atoms with Gasteiger partial charge in [0.1, 0.15) is 5.82 Å². The number of rotatable bonds is 4. The second-order valence-corrected chi connectivity index (χ2v) is 6.13. The average Bonchev–Trinajstić information content (AvgIpc) is 2.41. The zero-order chi connectivity index (χ0) is 14.8. The van der Waals surface area contributed by atoms with Crippen LogP contribution in [0.2, 0.25) is 5.02 Å². The number of para-hydroxylation sites is 1. The zero-order valence-corrected chi connectivity index (χ0v) is 11.9. The summed E-state index contributed by atoms with van der Waals surface area (Å²) in [7, 11) is -3.84. The molecule has 0 saturated heterocycles. The molecule has 0 fully saturated rings. The highest BCUT2D eigenvalue weighted by Crippen LogP contribution is 2.24. The predicted octanol–water partition coefficient (Wildman–Crippen LogP) is 2.74. The number of halogens is 2. The minimum atomic E-state index is -3.84. The van der Waals surface area contributed by atoms with Crippen LogP contribution in [0.3, 0.4) is 0 Å². The van der Waals surface area contributed by atoms with Crippen LogP contribution in [0.25, 0.3) is 0 Å². The van der Waals surface area contributed by atoms with Crippen LogP contribution in [0, 0.1) is 5.82 Å². The molecule has 0 aromatic heterocycles. The van der Waals surface area contributed by atoms with Gasteiger partial charge in [0.25, 0.3) is 10.0 Å². The number of benzene rings is 2. The molecule has 0 radical (unpaired) electrons. The first-order chi connectivity index (χ1) is 9.44. The van der Waals surface area contributed by atoms with E-state index in [9.17, 15) is 12.8 Å². The van der Waals surface area contributed by atoms with Crippen LogP contribution in [0.4, 0.5) is 10.1 Å². The summed E-state index contributed by atoms with van der Waals surface area (Å²) in [5.41, 5.74) is 5.75. The highest BCUT2D eigenvalue weighted by atomic mass is 35.5. The first-order valence-electron chi connectivity index (χ1n) is 5.70. The summed E-state index contributed by atoms with van der Waals surface area (Å²) in [6.45, 7) is -0.0821. The van der Waals surface area contributed by atoms with Crippen molar-refractivity contribution in [2.24, 2.45) is 5.73 Å². The highest BCUT2D eigenvalue weighted by molar-refractivity contribution is 7.92. The van der Waals surface area contributed by atoms with Crippen molar-refractivity contribution in [3.05, 3.63) is 58.9 Å². The Kier molecular flexibility index (Phi) is 4.27. The van der Waals surface area contributed by atoms with Gasteiger partial charge >= 0.3 is 0 Å². The van der Waals surface area contributed by atoms with Gasteiger partial charge in [0.15, 0.2) is 0 Å². The maximum atomic E-state index is 13.3. The Balaban J connectivity index is 2.38. The second-order valence-electron chi connectivity index (χ2n) is 4.04. The van der Waals surface area contributed by atoms with Gasteiger partial charge in [-0.15, -0.1) is 0 Å². The van der Waals surface area contributed by atoms with E-state index >= 15 is 0 Å². The van der Waals surface area contributed by atoms with Crippen LogP contribution in [0.5, 0.6) is 0 Å². The molecule has 7 heteroatoms. The van der Waals surface area contributed by atoms with Gasteiger partial charge in [-0.2, -0.15) is 0 Å². The summed E-state index contributed by atoms with van der Waals surface area (Å²) < 4.78 is 40.1. The molecule has 20 heavy (non-hydrogen) atoms. The van der Waals surface area contributed by atoms with E-state index in [-0.39, 0.29) is 27.7 Å². The molecule has 106 valence electrons. The molecule has 0 aliphatic carbocycles. The van der Waals surface area contributed by atoms with E-state index < -0.39 is 15.8 Å². The molecular formula is C13H12ClFN2O2S. The van der Waals surface area contributed by atoms with Gasteiger partial charge < -0.3 is 5.73 Å². The molecule has 0 aliphatic heterocycles. The van der Waals surface area contributed by atoms with Gasteiger partial charge in [-0.05, 0) is 30.3 Å². The SMILES string of the molecule is NCc1cc(S(=O)(=O)Nc2ccccc2Cl)ccc1F. The average molecular weight is 315 g/mol. The number of hydrogen-bond acceptors (Lipinski definition) is 3. The fourth-order valence-corrected chi connectivity index (χ4v) is 2.99. The number of anilines is 1. The van der Waals surface area contributed by atoms with Crippen LogP contribution in [0.15, 0.2) is 47.4 Å². The van der Waals surface area contributed by atoms with Crippen molar-refractivity contribution in [2.75, 3.05) is 4.72 Å². The summed E-state index contributed by atoms with van der Waals surface area (Å²) in [6.07, 6.45) is 0. The highest BCUT2D eigenvalue weighted by Gasteiger charge is 2.17. The van der Waals surface area contributed by atoms with E-state index in [2.05, 4.69) is 4.72 Å². The summed E-state index contributed by atoms with van der Waals surface area (Å²) in [5, 5.41) is 0.275. The molecular weight excluding hydrogens is 303 g/mol. The Labute approximate surface area is 121 Å². The molecule has 4 nitrogen and oxygen atoms in total. The summed E-state index contributed by atoms with van der Waals surface area (Å²) in [5.74, 6) is -0.538. The maximum absolute atomic E-state index is 13.3. The third-order valence-electron chi connectivity index (χ3n) is 2.67. The zero-order valence-electron chi connectivity index (χ0n) is 10.3. The van der Waals surface area contributed by atoms with Crippen LogP contribution in [-0.2, 0) is 16.6 Å². The third kappa shape index (κ3) is 3.09. The van der Waals surface area contributed by atoms with Crippen LogP contribution >= 0.6 is 11.6 Å². The lowest BCUT2D eigenvalue weighted by atomic mass is 10.2. The fourth-order valence-electron chi connectivity index (χ4n) is 1.62. The Morgan fingerprint density at radius 3 is 2.55 bits per heavy atom. The first kappa shape index (κ1) is 14.8. The van der Waals surface area contributed by atoms with Gasteiger partial charge in [0.2, 0.25) is 0 Å². The van der Waals surface area contributed by atoms with Crippen LogP contribution in [-0.4, -0.2) is 8.42 Å². The molecule has 0 unspecified atom stereocenters. The molecule has 2 rings (SSSR count). The smallest absolute Gasteiger partial charge is 0.261 e. The number of nitrogens with two attached hydrogens (primary N) is 1. The Hall–Kier alpha value is -1.63. The molecule has 0 atom stereocenters. The van der Waals surface area contributed by atoms with Gasteiger partial charge in [0.05, 0.1) is 15.6 Å². The van der Waals surface area contributed by atoms with Crippen molar-refractivity contribution in [3.63, 3.8) is 0 Å². The van der Waals surface area contributed by atoms with E-state index in [0.717, 1.165) is 6.07 Å². The number of nitrogens with one attached hydrogen (secondary N) is 1. The largest absolute Gasteiger partial charge is 0.326 e. The molecule has 0 saturated carbocycles. The summed E-state index contributed by atoms with van der Waals surface area (Å²) >= 11 is 5.89. The van der Waals surface area contributed by atoms with Crippen molar-refractivity contribution < 1.29 is 12.8 Å². The van der Waals surface area contributed by atoms with Crippen molar-refractivity contribution in [3.8, 4) is 0 Å². The van der Waals surface area contributed by atoms with E-state index in [1.54, 1.807) is 18.2 Å². The molecule has 0 bridgehead atoms. The van der Waals surface area contributed by atoms with Crippen molar-refractivity contribution in [1.29, 1.82) is 0 Å². The number of hydrogen-bond donors (Lipinski definition) is 2. The lowest BCUT2D eigenvalue weighted by Gasteiger charge is -2.10. The monoisotopic (exact) mass is 314 g/mol. The van der Waals surface area contributed by atoms with Gasteiger partial charge in [-0.3, -0.25) is 4.72 Å². The molecule has 2 aromatic rings. The Morgan fingerprint density at radius 1 is 1.20 bits per heavy atom. The normalized spacial score (nSPS) is 11.3. The van der Waals surface area contributed by atoms with E-state index in [4.69, 9.17) is 17.3 Å². The predicted molar refractivity (Wildman–Crippen MR) is 76.6 cm³/mol. The molecule has 0 amide bonds. The van der Waals surface area contributed by atoms with E-state index in [0.29, 0.717) is 0 Å². The van der Waals surface area contributed by atoms with Crippen molar-refractivity contribution in [2.45, 2.75) is 11.4 Å². The van der Waals surface area contributed by atoms with E-state index in [1.807, 2.05) is 0 Å². The van der Waals surface area contributed by atoms with Gasteiger partial charge in [-0.25, -0.2) is 12.8 Å². The second kappa shape index (κ2) is 5.78. The molecule has 0 aliphatic rings.